The van der Waals surface area contributed by atoms with Crippen LogP contribution in [0.15, 0.2) is 113 Å². The van der Waals surface area contributed by atoms with Crippen molar-refractivity contribution in [2.45, 2.75) is 39.0 Å². The van der Waals surface area contributed by atoms with E-state index in [0.717, 1.165) is 16.7 Å². The van der Waals surface area contributed by atoms with Crippen molar-refractivity contribution in [1.82, 2.24) is 5.32 Å². The largest absolute Gasteiger partial charge is 0.503 e. The first kappa shape index (κ1) is 29.7. The number of carbonyl (C=O) groups excluding carboxylic acids is 2. The minimum atomic E-state index is -1.06. The smallest absolute Gasteiger partial charge is 0.328 e. The monoisotopic (exact) mass is 542 g/mol. The highest BCUT2D eigenvalue weighted by atomic mass is 16.6. The molecule has 40 heavy (non-hydrogen) atoms. The van der Waals surface area contributed by atoms with Crippen LogP contribution in [0.5, 0.6) is 5.75 Å². The van der Waals surface area contributed by atoms with Crippen LogP contribution in [0.2, 0.25) is 0 Å². The number of allylic oxidation sites excluding steroid dienone is 1. The van der Waals surface area contributed by atoms with Gasteiger partial charge in [-0.2, -0.15) is 0 Å². The molecule has 0 heterocycles. The van der Waals surface area contributed by atoms with Crippen LogP contribution in [0, 0.1) is 0 Å². The van der Waals surface area contributed by atoms with E-state index in [0.29, 0.717) is 5.75 Å². The lowest BCUT2D eigenvalue weighted by Gasteiger charge is -2.27. The number of carbonyl (C=O) groups is 2. The second-order valence-electron chi connectivity index (χ2n) is 8.89. The number of rotatable bonds is 12. The summed E-state index contributed by atoms with van der Waals surface area (Å²) in [5.41, 5.74) is 2.55. The number of ether oxygens (including phenoxy) is 3. The molecule has 3 aromatic rings. The molecule has 0 aliphatic carbocycles. The fraction of sp³-hybridized carbons (Fsp3) is 0.219. The SMILES string of the molecule is C=N/C(C(=O)N[C@@H](C)C(=O)O[C@@H](C)[C@H](Oc1ccccc1)c1ccc(-c2ccccc2)cc1)=C(O)\C(=C/C)OC. The molecule has 2 N–H and O–H groups in total. The highest BCUT2D eigenvalue weighted by molar-refractivity contribution is 5.97. The number of aliphatic imine (C=N–C) groups is 1. The Bertz CT molecular complexity index is 1350. The molecule has 3 rings (SSSR count). The third-order valence-electron chi connectivity index (χ3n) is 6.10. The molecule has 0 aromatic heterocycles. The third-order valence-corrected chi connectivity index (χ3v) is 6.10. The molecule has 3 aromatic carbocycles. The number of hydrogen-bond acceptors (Lipinski definition) is 7. The van der Waals surface area contributed by atoms with Crippen molar-refractivity contribution >= 4 is 18.6 Å². The number of para-hydroxylation sites is 1. The molecule has 1 amide bonds. The molecule has 0 aliphatic rings. The van der Waals surface area contributed by atoms with E-state index in [-0.39, 0.29) is 11.5 Å². The first-order chi connectivity index (χ1) is 19.3. The lowest BCUT2D eigenvalue weighted by atomic mass is 10.00. The molecule has 0 radical (unpaired) electrons. The number of nitrogens with zero attached hydrogens (tertiary/aromatic N) is 1. The molecular formula is C32H34N2O6. The van der Waals surface area contributed by atoms with Gasteiger partial charge in [0.15, 0.2) is 23.3 Å². The van der Waals surface area contributed by atoms with Crippen LogP contribution in [-0.4, -0.2) is 43.0 Å². The summed E-state index contributed by atoms with van der Waals surface area (Å²) in [5.74, 6) is -1.34. The number of amides is 1. The van der Waals surface area contributed by atoms with Crippen LogP contribution in [0.4, 0.5) is 0 Å². The van der Waals surface area contributed by atoms with E-state index in [1.165, 1.54) is 20.1 Å². The second-order valence-corrected chi connectivity index (χ2v) is 8.89. The van der Waals surface area contributed by atoms with E-state index >= 15 is 0 Å². The van der Waals surface area contributed by atoms with Crippen molar-refractivity contribution in [3.8, 4) is 16.9 Å². The highest BCUT2D eigenvalue weighted by Crippen LogP contribution is 2.29. The third kappa shape index (κ3) is 7.60. The zero-order valence-electron chi connectivity index (χ0n) is 23.0. The van der Waals surface area contributed by atoms with Crippen LogP contribution in [0.1, 0.15) is 32.4 Å². The summed E-state index contributed by atoms with van der Waals surface area (Å²) in [5, 5.41) is 12.8. The molecule has 8 nitrogen and oxygen atoms in total. The lowest BCUT2D eigenvalue weighted by Crippen LogP contribution is -2.42. The number of hydrogen-bond donors (Lipinski definition) is 2. The predicted octanol–water partition coefficient (Wildman–Crippen LogP) is 5.93. The van der Waals surface area contributed by atoms with E-state index in [2.05, 4.69) is 17.0 Å². The quantitative estimate of drug-likeness (QED) is 0.0966. The minimum Gasteiger partial charge on any atom is -0.503 e. The van der Waals surface area contributed by atoms with Gasteiger partial charge in [0, 0.05) is 0 Å². The Labute approximate surface area is 234 Å². The van der Waals surface area contributed by atoms with Gasteiger partial charge in [-0.3, -0.25) is 9.79 Å². The zero-order valence-corrected chi connectivity index (χ0v) is 23.0. The number of esters is 1. The van der Waals surface area contributed by atoms with E-state index in [4.69, 9.17) is 14.2 Å². The Morgan fingerprint density at radius 2 is 1.50 bits per heavy atom. The number of nitrogens with one attached hydrogen (secondary N) is 1. The number of aliphatic hydroxyl groups excluding tert-OH is 1. The Kier molecular flexibility index (Phi) is 10.7. The van der Waals surface area contributed by atoms with Gasteiger partial charge in [0.2, 0.25) is 0 Å². The Morgan fingerprint density at radius 1 is 0.925 bits per heavy atom. The van der Waals surface area contributed by atoms with Crippen LogP contribution in [-0.2, 0) is 19.1 Å². The molecule has 0 unspecified atom stereocenters. The highest BCUT2D eigenvalue weighted by Gasteiger charge is 2.29. The molecule has 208 valence electrons. The van der Waals surface area contributed by atoms with Crippen LogP contribution in [0.25, 0.3) is 11.1 Å². The van der Waals surface area contributed by atoms with Gasteiger partial charge in [-0.25, -0.2) is 4.79 Å². The van der Waals surface area contributed by atoms with Gasteiger partial charge in [-0.15, -0.1) is 0 Å². The Hall–Kier alpha value is -4.85. The molecule has 0 aliphatic heterocycles. The summed E-state index contributed by atoms with van der Waals surface area (Å²) in [6.07, 6.45) is 0.109. The molecule has 0 spiro atoms. The molecule has 0 saturated heterocycles. The molecule has 8 heteroatoms. The van der Waals surface area contributed by atoms with Crippen molar-refractivity contribution in [2.75, 3.05) is 7.11 Å². The average Bonchev–Trinajstić information content (AvgIpc) is 2.98. The molecule has 0 bridgehead atoms. The summed E-state index contributed by atoms with van der Waals surface area (Å²) in [4.78, 5) is 29.3. The van der Waals surface area contributed by atoms with Crippen molar-refractivity contribution in [3.63, 3.8) is 0 Å². The van der Waals surface area contributed by atoms with Gasteiger partial charge in [0.1, 0.15) is 17.9 Å². The van der Waals surface area contributed by atoms with Gasteiger partial charge in [-0.05, 0) is 62.4 Å². The standard InChI is InChI=1S/C32H34N2O6/c1-6-27(38-5)29(35)28(33-4)31(36)34-21(2)32(37)39-22(3)30(40-26-15-11-8-12-16-26)25-19-17-24(18-20-25)23-13-9-7-10-14-23/h6-22,30,35H,4H2,1-3,5H3,(H,34,36)/b27-6+,29-28+/t21-,22-,30-/m0/s1. The van der Waals surface area contributed by atoms with Crippen molar-refractivity contribution < 1.29 is 28.9 Å². The normalized spacial score (nSPS) is 14.2. The summed E-state index contributed by atoms with van der Waals surface area (Å²) in [7, 11) is 1.34. The van der Waals surface area contributed by atoms with Gasteiger partial charge in [-0.1, -0.05) is 72.8 Å². The van der Waals surface area contributed by atoms with E-state index in [1.807, 2.05) is 84.9 Å². The summed E-state index contributed by atoms with van der Waals surface area (Å²) < 4.78 is 17.0. The van der Waals surface area contributed by atoms with Gasteiger partial charge in [0.05, 0.1) is 7.11 Å². The van der Waals surface area contributed by atoms with Crippen molar-refractivity contribution in [1.29, 1.82) is 0 Å². The van der Waals surface area contributed by atoms with Crippen molar-refractivity contribution in [2.24, 2.45) is 4.99 Å². The fourth-order valence-electron chi connectivity index (χ4n) is 3.97. The molecular weight excluding hydrogens is 508 g/mol. The fourth-order valence-corrected chi connectivity index (χ4v) is 3.97. The van der Waals surface area contributed by atoms with Crippen LogP contribution in [0.3, 0.4) is 0 Å². The minimum absolute atomic E-state index is 0.0422. The molecule has 0 saturated carbocycles. The number of methoxy groups -OCH3 is 1. The van der Waals surface area contributed by atoms with E-state index < -0.39 is 35.9 Å². The zero-order chi connectivity index (χ0) is 29.1. The maximum atomic E-state index is 13.0. The Morgan fingerprint density at radius 3 is 2.05 bits per heavy atom. The van der Waals surface area contributed by atoms with Crippen LogP contribution < -0.4 is 10.1 Å². The average molecular weight is 543 g/mol. The van der Waals surface area contributed by atoms with Gasteiger partial charge < -0.3 is 24.6 Å². The summed E-state index contributed by atoms with van der Waals surface area (Å²) in [6, 6.07) is 26.0. The number of benzene rings is 3. The molecule has 0 fully saturated rings. The van der Waals surface area contributed by atoms with E-state index in [9.17, 15) is 14.7 Å². The first-order valence-electron chi connectivity index (χ1n) is 12.8. The summed E-state index contributed by atoms with van der Waals surface area (Å²) >= 11 is 0. The second kappa shape index (κ2) is 14.3. The topological polar surface area (TPSA) is 106 Å². The maximum Gasteiger partial charge on any atom is 0.328 e. The van der Waals surface area contributed by atoms with E-state index in [1.54, 1.807) is 13.8 Å². The Balaban J connectivity index is 1.78. The predicted molar refractivity (Wildman–Crippen MR) is 155 cm³/mol. The van der Waals surface area contributed by atoms with Crippen LogP contribution >= 0.6 is 0 Å². The lowest BCUT2D eigenvalue weighted by molar-refractivity contribution is -0.156. The number of aliphatic hydroxyl groups is 1. The first-order valence-corrected chi connectivity index (χ1v) is 12.8. The van der Waals surface area contributed by atoms with Gasteiger partial charge in [0.25, 0.3) is 5.91 Å². The maximum absolute atomic E-state index is 13.0. The summed E-state index contributed by atoms with van der Waals surface area (Å²) in [6.45, 7) is 8.15. The van der Waals surface area contributed by atoms with Crippen molar-refractivity contribution in [3.05, 3.63) is 114 Å². The van der Waals surface area contributed by atoms with Gasteiger partial charge >= 0.3 is 5.97 Å². The molecule has 3 atom stereocenters.